The third-order valence-electron chi connectivity index (χ3n) is 3.76. The van der Waals surface area contributed by atoms with E-state index in [1.54, 1.807) is 4.68 Å². The van der Waals surface area contributed by atoms with Crippen molar-refractivity contribution in [2.75, 3.05) is 0 Å². The minimum absolute atomic E-state index is 0.934. The van der Waals surface area contributed by atoms with Gasteiger partial charge in [-0.05, 0) is 23.1 Å². The first-order chi connectivity index (χ1) is 10.7. The molecule has 0 saturated carbocycles. The fraction of sp³-hybridized carbons (Fsp3) is 0.118. The van der Waals surface area contributed by atoms with E-state index in [1.165, 1.54) is 0 Å². The Labute approximate surface area is 127 Å². The number of nitrogens with zero attached hydrogens (tertiary/aromatic N) is 5. The molecule has 1 aromatic carbocycles. The Hall–Kier alpha value is -2.95. The number of benzene rings is 1. The lowest BCUT2D eigenvalue weighted by molar-refractivity contribution is 0.768. The number of pyridine rings is 1. The van der Waals surface area contributed by atoms with Gasteiger partial charge < -0.3 is 0 Å². The minimum Gasteiger partial charge on any atom is -0.275 e. The second kappa shape index (κ2) is 4.80. The summed E-state index contributed by atoms with van der Waals surface area (Å²) in [6, 6.07) is 8.47. The van der Waals surface area contributed by atoms with E-state index < -0.39 is 0 Å². The van der Waals surface area contributed by atoms with E-state index in [4.69, 9.17) is 0 Å². The normalized spacial score (nSPS) is 11.2. The van der Waals surface area contributed by atoms with Crippen molar-refractivity contribution in [1.82, 2.24) is 24.5 Å². The van der Waals surface area contributed by atoms with Gasteiger partial charge in [0, 0.05) is 49.2 Å². The molecule has 108 valence electrons. The van der Waals surface area contributed by atoms with Crippen molar-refractivity contribution < 1.29 is 0 Å². The second-order valence-electron chi connectivity index (χ2n) is 5.44. The van der Waals surface area contributed by atoms with Gasteiger partial charge in [0.25, 0.3) is 0 Å². The first kappa shape index (κ1) is 12.8. The highest BCUT2D eigenvalue weighted by molar-refractivity contribution is 5.89. The summed E-state index contributed by atoms with van der Waals surface area (Å²) in [5.41, 5.74) is 4.23. The molecule has 5 nitrogen and oxygen atoms in total. The van der Waals surface area contributed by atoms with Gasteiger partial charge in [-0.15, -0.1) is 0 Å². The van der Waals surface area contributed by atoms with Crippen LogP contribution in [0.4, 0.5) is 0 Å². The standard InChI is InChI=1S/C17H15N5/c1-21-10-15(8-19-21)12-3-4-13-7-18-17(6-14(13)5-12)16-9-20-22(2)11-16/h3-11H,1-2H3. The Morgan fingerprint density at radius 2 is 1.45 bits per heavy atom. The third kappa shape index (κ3) is 2.16. The Morgan fingerprint density at radius 3 is 2.14 bits per heavy atom. The molecule has 0 unspecified atom stereocenters. The molecule has 4 rings (SSSR count). The fourth-order valence-electron chi connectivity index (χ4n) is 2.60. The number of rotatable bonds is 2. The molecule has 0 bridgehead atoms. The van der Waals surface area contributed by atoms with Crippen molar-refractivity contribution in [3.05, 3.63) is 55.2 Å². The molecule has 0 aliphatic heterocycles. The Bertz CT molecular complexity index is 889. The molecule has 0 aliphatic carbocycles. The fourth-order valence-corrected chi connectivity index (χ4v) is 2.60. The maximum absolute atomic E-state index is 4.53. The quantitative estimate of drug-likeness (QED) is 0.570. The molecule has 22 heavy (non-hydrogen) atoms. The molecule has 3 heterocycles. The van der Waals surface area contributed by atoms with Gasteiger partial charge in [-0.2, -0.15) is 10.2 Å². The van der Waals surface area contributed by atoms with Gasteiger partial charge in [-0.1, -0.05) is 12.1 Å². The summed E-state index contributed by atoms with van der Waals surface area (Å²) in [7, 11) is 3.83. The summed E-state index contributed by atoms with van der Waals surface area (Å²) in [6.07, 6.45) is 9.61. The number of aryl methyl sites for hydroxylation is 2. The first-order valence-electron chi connectivity index (χ1n) is 7.07. The highest BCUT2D eigenvalue weighted by atomic mass is 15.2. The maximum atomic E-state index is 4.53. The third-order valence-corrected chi connectivity index (χ3v) is 3.76. The van der Waals surface area contributed by atoms with Gasteiger partial charge in [0.2, 0.25) is 0 Å². The maximum Gasteiger partial charge on any atom is 0.0739 e. The summed E-state index contributed by atoms with van der Waals surface area (Å²) in [5, 5.41) is 10.7. The van der Waals surface area contributed by atoms with Crippen LogP contribution in [-0.4, -0.2) is 24.5 Å². The summed E-state index contributed by atoms with van der Waals surface area (Å²) in [6.45, 7) is 0. The van der Waals surface area contributed by atoms with Crippen LogP contribution in [0.3, 0.4) is 0 Å². The average molecular weight is 289 g/mol. The largest absolute Gasteiger partial charge is 0.275 e. The van der Waals surface area contributed by atoms with Crippen LogP contribution in [0.5, 0.6) is 0 Å². The van der Waals surface area contributed by atoms with Crippen LogP contribution in [0.2, 0.25) is 0 Å². The zero-order valence-corrected chi connectivity index (χ0v) is 12.4. The summed E-state index contributed by atoms with van der Waals surface area (Å²) in [4.78, 5) is 4.53. The number of hydrogen-bond acceptors (Lipinski definition) is 3. The smallest absolute Gasteiger partial charge is 0.0739 e. The van der Waals surface area contributed by atoms with Crippen molar-refractivity contribution in [2.45, 2.75) is 0 Å². The van der Waals surface area contributed by atoms with E-state index in [0.717, 1.165) is 33.2 Å². The molecule has 0 spiro atoms. The lowest BCUT2D eigenvalue weighted by atomic mass is 10.0. The summed E-state index contributed by atoms with van der Waals surface area (Å²) >= 11 is 0. The Balaban J connectivity index is 1.84. The van der Waals surface area contributed by atoms with E-state index in [2.05, 4.69) is 39.4 Å². The molecule has 0 saturated heterocycles. The molecule has 0 amide bonds. The van der Waals surface area contributed by atoms with Crippen LogP contribution in [-0.2, 0) is 14.1 Å². The predicted octanol–water partition coefficient (Wildman–Crippen LogP) is 3.04. The van der Waals surface area contributed by atoms with Crippen LogP contribution in [0.1, 0.15) is 0 Å². The molecule has 3 aromatic heterocycles. The zero-order chi connectivity index (χ0) is 15.1. The highest BCUT2D eigenvalue weighted by Crippen LogP contribution is 2.26. The Morgan fingerprint density at radius 1 is 0.727 bits per heavy atom. The van der Waals surface area contributed by atoms with Crippen LogP contribution < -0.4 is 0 Å². The van der Waals surface area contributed by atoms with Gasteiger partial charge >= 0.3 is 0 Å². The molecule has 0 fully saturated rings. The topological polar surface area (TPSA) is 48.5 Å². The second-order valence-corrected chi connectivity index (χ2v) is 5.44. The first-order valence-corrected chi connectivity index (χ1v) is 7.07. The van der Waals surface area contributed by atoms with E-state index in [9.17, 15) is 0 Å². The lowest BCUT2D eigenvalue weighted by Gasteiger charge is -2.03. The van der Waals surface area contributed by atoms with Crippen LogP contribution in [0.15, 0.2) is 55.2 Å². The van der Waals surface area contributed by atoms with Crippen LogP contribution in [0, 0.1) is 0 Å². The number of hydrogen-bond donors (Lipinski definition) is 0. The average Bonchev–Trinajstić information content (AvgIpc) is 3.15. The van der Waals surface area contributed by atoms with Crippen molar-refractivity contribution in [2.24, 2.45) is 14.1 Å². The zero-order valence-electron chi connectivity index (χ0n) is 12.4. The minimum atomic E-state index is 0.934. The van der Waals surface area contributed by atoms with Gasteiger partial charge in [0.1, 0.15) is 0 Å². The highest BCUT2D eigenvalue weighted by Gasteiger charge is 2.06. The molecule has 0 radical (unpaired) electrons. The molecule has 0 N–H and O–H groups in total. The monoisotopic (exact) mass is 289 g/mol. The van der Waals surface area contributed by atoms with Crippen molar-refractivity contribution in [1.29, 1.82) is 0 Å². The van der Waals surface area contributed by atoms with E-state index >= 15 is 0 Å². The van der Waals surface area contributed by atoms with Crippen molar-refractivity contribution >= 4 is 10.8 Å². The van der Waals surface area contributed by atoms with E-state index in [0.29, 0.717) is 0 Å². The van der Waals surface area contributed by atoms with E-state index in [-0.39, 0.29) is 0 Å². The summed E-state index contributed by atoms with van der Waals surface area (Å²) < 4.78 is 3.60. The molecule has 0 atom stereocenters. The Kier molecular flexibility index (Phi) is 2.79. The lowest BCUT2D eigenvalue weighted by Crippen LogP contribution is -1.86. The van der Waals surface area contributed by atoms with Gasteiger partial charge in [0.15, 0.2) is 0 Å². The number of fused-ring (bicyclic) bond motifs is 1. The molecule has 4 aromatic rings. The molecular formula is C17H15N5. The van der Waals surface area contributed by atoms with Gasteiger partial charge in [-0.25, -0.2) is 0 Å². The van der Waals surface area contributed by atoms with Crippen LogP contribution in [0.25, 0.3) is 33.2 Å². The van der Waals surface area contributed by atoms with Crippen LogP contribution >= 0.6 is 0 Å². The van der Waals surface area contributed by atoms with Crippen molar-refractivity contribution in [3.8, 4) is 22.4 Å². The van der Waals surface area contributed by atoms with Crippen molar-refractivity contribution in [3.63, 3.8) is 0 Å². The molecule has 0 aliphatic rings. The van der Waals surface area contributed by atoms with Gasteiger partial charge in [-0.3, -0.25) is 14.3 Å². The SMILES string of the molecule is Cn1cc(-c2ccc3cnc(-c4cnn(C)c4)cc3c2)cn1. The number of aromatic nitrogens is 5. The molecule has 5 heteroatoms. The molecular weight excluding hydrogens is 274 g/mol. The van der Waals surface area contributed by atoms with Gasteiger partial charge in [0.05, 0.1) is 18.1 Å². The summed E-state index contributed by atoms with van der Waals surface area (Å²) in [5.74, 6) is 0. The predicted molar refractivity (Wildman–Crippen MR) is 86.1 cm³/mol. The van der Waals surface area contributed by atoms with E-state index in [1.807, 2.05) is 49.8 Å².